The lowest BCUT2D eigenvalue weighted by atomic mass is 10.1. The van der Waals surface area contributed by atoms with E-state index in [4.69, 9.17) is 15.2 Å². The zero-order valence-corrected chi connectivity index (χ0v) is 14.8. The van der Waals surface area contributed by atoms with Crippen LogP contribution in [0.3, 0.4) is 0 Å². The molecule has 0 spiro atoms. The Morgan fingerprint density at radius 1 is 1.26 bits per heavy atom. The Kier molecular flexibility index (Phi) is 6.32. The highest BCUT2D eigenvalue weighted by molar-refractivity contribution is 5.97. The summed E-state index contributed by atoms with van der Waals surface area (Å²) in [7, 11) is 1.52. The van der Waals surface area contributed by atoms with Crippen molar-refractivity contribution >= 4 is 23.3 Å². The van der Waals surface area contributed by atoms with Gasteiger partial charge in [0, 0.05) is 29.9 Å². The second-order valence-electron chi connectivity index (χ2n) is 5.61. The van der Waals surface area contributed by atoms with Crippen molar-refractivity contribution in [3.63, 3.8) is 0 Å². The molecule has 2 aromatic carbocycles. The van der Waals surface area contributed by atoms with Crippen LogP contribution in [0.4, 0.5) is 11.4 Å². The largest absolute Gasteiger partial charge is 0.496 e. The Morgan fingerprint density at radius 2 is 1.96 bits per heavy atom. The topological polar surface area (TPSA) is 134 Å². The molecule has 0 aliphatic heterocycles. The van der Waals surface area contributed by atoms with Gasteiger partial charge in [0.15, 0.2) is 6.10 Å². The van der Waals surface area contributed by atoms with Crippen LogP contribution in [0.1, 0.15) is 22.8 Å². The number of nitrogens with one attached hydrogen (secondary N) is 1. The van der Waals surface area contributed by atoms with Crippen LogP contribution in [0.25, 0.3) is 0 Å². The number of methoxy groups -OCH3 is 1. The van der Waals surface area contributed by atoms with Crippen LogP contribution in [-0.4, -0.2) is 30.0 Å². The molecule has 0 aromatic heterocycles. The Hall–Kier alpha value is -3.62. The fourth-order valence-corrected chi connectivity index (χ4v) is 2.29. The highest BCUT2D eigenvalue weighted by Crippen LogP contribution is 2.21. The number of carbonyl (C=O) groups is 2. The van der Waals surface area contributed by atoms with E-state index in [1.54, 1.807) is 24.3 Å². The number of nitro groups is 1. The molecule has 27 heavy (non-hydrogen) atoms. The third kappa shape index (κ3) is 4.94. The third-order valence-corrected chi connectivity index (χ3v) is 3.77. The minimum Gasteiger partial charge on any atom is -0.496 e. The first-order valence-electron chi connectivity index (χ1n) is 7.98. The molecule has 0 aliphatic rings. The maximum Gasteiger partial charge on any atom is 0.341 e. The molecular formula is C18H19N3O6. The number of nitrogens with two attached hydrogens (primary N) is 1. The first-order chi connectivity index (χ1) is 12.8. The molecule has 9 heteroatoms. The molecule has 0 saturated carbocycles. The van der Waals surface area contributed by atoms with E-state index in [0.717, 1.165) is 11.6 Å². The molecule has 0 saturated heterocycles. The summed E-state index contributed by atoms with van der Waals surface area (Å²) in [6, 6.07) is 10.6. The van der Waals surface area contributed by atoms with Crippen molar-refractivity contribution in [1.29, 1.82) is 0 Å². The van der Waals surface area contributed by atoms with E-state index in [0.29, 0.717) is 5.75 Å². The molecule has 0 aliphatic carbocycles. The fourth-order valence-electron chi connectivity index (χ4n) is 2.29. The van der Waals surface area contributed by atoms with Gasteiger partial charge in [0.25, 0.3) is 11.6 Å². The van der Waals surface area contributed by atoms with Crippen LogP contribution in [0.2, 0.25) is 0 Å². The van der Waals surface area contributed by atoms with Gasteiger partial charge >= 0.3 is 5.97 Å². The number of hydrogen-bond donors (Lipinski definition) is 2. The molecule has 2 aromatic rings. The number of non-ortho nitro benzene ring substituents is 1. The molecule has 0 bridgehead atoms. The molecule has 2 rings (SSSR count). The summed E-state index contributed by atoms with van der Waals surface area (Å²) in [4.78, 5) is 34.6. The van der Waals surface area contributed by atoms with Crippen molar-refractivity contribution in [3.05, 3.63) is 63.7 Å². The number of carbonyl (C=O) groups excluding carboxylic acids is 2. The predicted octanol–water partition coefficient (Wildman–Crippen LogP) is 2.05. The van der Waals surface area contributed by atoms with Gasteiger partial charge in [-0.2, -0.15) is 0 Å². The van der Waals surface area contributed by atoms with Crippen LogP contribution < -0.4 is 15.8 Å². The smallest absolute Gasteiger partial charge is 0.341 e. The van der Waals surface area contributed by atoms with Gasteiger partial charge in [-0.1, -0.05) is 18.2 Å². The maximum atomic E-state index is 12.2. The monoisotopic (exact) mass is 373 g/mol. The first-order valence-corrected chi connectivity index (χ1v) is 7.98. The second kappa shape index (κ2) is 8.65. The van der Waals surface area contributed by atoms with E-state index in [1.807, 2.05) is 0 Å². The predicted molar refractivity (Wildman–Crippen MR) is 97.2 cm³/mol. The van der Waals surface area contributed by atoms with Gasteiger partial charge in [-0.3, -0.25) is 14.9 Å². The summed E-state index contributed by atoms with van der Waals surface area (Å²) in [5, 5.41) is 13.5. The molecule has 142 valence electrons. The molecule has 1 atom stereocenters. The highest BCUT2D eigenvalue weighted by atomic mass is 16.6. The Labute approximate surface area is 155 Å². The molecular weight excluding hydrogens is 354 g/mol. The van der Waals surface area contributed by atoms with Crippen molar-refractivity contribution in [2.75, 3.05) is 12.8 Å². The summed E-state index contributed by atoms with van der Waals surface area (Å²) < 4.78 is 10.3. The number of para-hydroxylation sites is 1. The lowest BCUT2D eigenvalue weighted by Crippen LogP contribution is -2.35. The fraction of sp³-hybridized carbons (Fsp3) is 0.222. The lowest BCUT2D eigenvalue weighted by Gasteiger charge is -2.15. The summed E-state index contributed by atoms with van der Waals surface area (Å²) in [6.45, 7) is 1.58. The van der Waals surface area contributed by atoms with Crippen LogP contribution in [0.5, 0.6) is 5.75 Å². The number of amides is 1. The SMILES string of the molecule is COc1ccccc1CNC(=O)[C@@H](C)OC(=O)c1cc([N+](=O)[O-])ccc1N. The number of benzene rings is 2. The van der Waals surface area contributed by atoms with Crippen molar-refractivity contribution in [2.24, 2.45) is 0 Å². The highest BCUT2D eigenvalue weighted by Gasteiger charge is 2.22. The molecule has 3 N–H and O–H groups in total. The summed E-state index contributed by atoms with van der Waals surface area (Å²) in [5.41, 5.74) is 5.98. The molecule has 0 radical (unpaired) electrons. The van der Waals surface area contributed by atoms with E-state index < -0.39 is 22.9 Å². The van der Waals surface area contributed by atoms with Crippen molar-refractivity contribution in [2.45, 2.75) is 19.6 Å². The van der Waals surface area contributed by atoms with Crippen molar-refractivity contribution < 1.29 is 24.0 Å². The maximum absolute atomic E-state index is 12.2. The quantitative estimate of drug-likeness (QED) is 0.328. The van der Waals surface area contributed by atoms with Gasteiger partial charge in [-0.15, -0.1) is 0 Å². The molecule has 1 amide bonds. The average molecular weight is 373 g/mol. The van der Waals surface area contributed by atoms with E-state index in [9.17, 15) is 19.7 Å². The second-order valence-corrected chi connectivity index (χ2v) is 5.61. The van der Waals surface area contributed by atoms with Gasteiger partial charge in [0.2, 0.25) is 0 Å². The molecule has 9 nitrogen and oxygen atoms in total. The Morgan fingerprint density at radius 3 is 2.63 bits per heavy atom. The molecule has 0 unspecified atom stereocenters. The number of anilines is 1. The van der Waals surface area contributed by atoms with E-state index in [2.05, 4.69) is 5.32 Å². The lowest BCUT2D eigenvalue weighted by molar-refractivity contribution is -0.384. The minimum atomic E-state index is -1.12. The van der Waals surface area contributed by atoms with Crippen LogP contribution in [-0.2, 0) is 16.1 Å². The number of rotatable bonds is 7. The average Bonchev–Trinajstić information content (AvgIpc) is 2.66. The number of hydrogen-bond acceptors (Lipinski definition) is 7. The summed E-state index contributed by atoms with van der Waals surface area (Å²) >= 11 is 0. The van der Waals surface area contributed by atoms with Gasteiger partial charge in [-0.25, -0.2) is 4.79 Å². The number of nitro benzene ring substituents is 1. The summed E-state index contributed by atoms with van der Waals surface area (Å²) in [5.74, 6) is -0.832. The Balaban J connectivity index is 2.00. The van der Waals surface area contributed by atoms with E-state index in [1.165, 1.54) is 26.2 Å². The van der Waals surface area contributed by atoms with Gasteiger partial charge < -0.3 is 20.5 Å². The van der Waals surface area contributed by atoms with Crippen molar-refractivity contribution in [3.8, 4) is 5.75 Å². The number of ether oxygens (including phenoxy) is 2. The number of esters is 1. The van der Waals surface area contributed by atoms with Crippen LogP contribution in [0, 0.1) is 10.1 Å². The number of nitrogen functional groups attached to an aromatic ring is 1. The van der Waals surface area contributed by atoms with E-state index >= 15 is 0 Å². The van der Waals surface area contributed by atoms with Gasteiger partial charge in [0.05, 0.1) is 17.6 Å². The summed E-state index contributed by atoms with van der Waals surface area (Å²) in [6.07, 6.45) is -1.12. The number of nitrogens with zero attached hydrogens (tertiary/aromatic N) is 1. The Bertz CT molecular complexity index is 868. The molecule has 0 fully saturated rings. The zero-order chi connectivity index (χ0) is 20.0. The standard InChI is InChI=1S/C18H19N3O6/c1-11(17(22)20-10-12-5-3-4-6-16(12)26-2)27-18(23)14-9-13(21(24)25)7-8-15(14)19/h3-9,11H,10,19H2,1-2H3,(H,20,22)/t11-/m1/s1. The minimum absolute atomic E-state index is 0.0206. The third-order valence-electron chi connectivity index (χ3n) is 3.77. The molecule has 0 heterocycles. The van der Waals surface area contributed by atoms with Crippen molar-refractivity contribution in [1.82, 2.24) is 5.32 Å². The first kappa shape index (κ1) is 19.7. The van der Waals surface area contributed by atoms with E-state index in [-0.39, 0.29) is 23.5 Å². The van der Waals surface area contributed by atoms with Gasteiger partial charge in [0.1, 0.15) is 5.75 Å². The van der Waals surface area contributed by atoms with Crippen LogP contribution in [0.15, 0.2) is 42.5 Å². The van der Waals surface area contributed by atoms with Crippen LogP contribution >= 0.6 is 0 Å². The van der Waals surface area contributed by atoms with Gasteiger partial charge in [-0.05, 0) is 19.1 Å². The zero-order valence-electron chi connectivity index (χ0n) is 14.8. The normalized spacial score (nSPS) is 11.3.